The van der Waals surface area contributed by atoms with Gasteiger partial charge in [0.05, 0.1) is 18.6 Å². The molecule has 2 amide bonds. The molecule has 0 aliphatic carbocycles. The van der Waals surface area contributed by atoms with E-state index in [1.165, 1.54) is 16.2 Å². The maximum atomic E-state index is 12.3. The van der Waals surface area contributed by atoms with E-state index in [4.69, 9.17) is 9.47 Å². The highest BCUT2D eigenvalue weighted by atomic mass is 32.1. The van der Waals surface area contributed by atoms with Crippen molar-refractivity contribution in [3.8, 4) is 11.5 Å². The van der Waals surface area contributed by atoms with Crippen LogP contribution in [0.5, 0.6) is 11.5 Å². The molecule has 1 aromatic carbocycles. The molecule has 140 valence electrons. The highest BCUT2D eigenvalue weighted by Gasteiger charge is 2.22. The second-order valence-electron chi connectivity index (χ2n) is 6.19. The van der Waals surface area contributed by atoms with Crippen molar-refractivity contribution in [3.05, 3.63) is 51.9 Å². The standard InChI is InChI=1S/C18H18N4O4S/c1-22(9-15-20-12-6-7-27-16(12)17(23)21-15)18(24)19-8-11-10-25-13-4-2-3-5-14(13)26-11/h2-7,11H,8-10H2,1H3,(H,19,24)(H,20,21,23)/t11-/m1/s1. The number of nitrogens with one attached hydrogen (secondary N) is 2. The van der Waals surface area contributed by atoms with Crippen molar-refractivity contribution in [1.82, 2.24) is 20.2 Å². The summed E-state index contributed by atoms with van der Waals surface area (Å²) in [6, 6.07) is 8.93. The molecule has 0 unspecified atom stereocenters. The van der Waals surface area contributed by atoms with E-state index in [0.29, 0.717) is 40.7 Å². The summed E-state index contributed by atoms with van der Waals surface area (Å²) < 4.78 is 12.0. The number of amides is 2. The van der Waals surface area contributed by atoms with E-state index >= 15 is 0 Å². The minimum Gasteiger partial charge on any atom is -0.486 e. The first-order chi connectivity index (χ1) is 13.1. The Labute approximate surface area is 158 Å². The Bertz CT molecular complexity index is 1030. The number of hydrogen-bond acceptors (Lipinski definition) is 6. The fraction of sp³-hybridized carbons (Fsp3) is 0.278. The van der Waals surface area contributed by atoms with Gasteiger partial charge in [-0.1, -0.05) is 12.1 Å². The van der Waals surface area contributed by atoms with E-state index in [-0.39, 0.29) is 24.2 Å². The number of rotatable bonds is 4. The van der Waals surface area contributed by atoms with Crippen molar-refractivity contribution in [2.75, 3.05) is 20.2 Å². The van der Waals surface area contributed by atoms with Crippen LogP contribution in [0.15, 0.2) is 40.5 Å². The summed E-state index contributed by atoms with van der Waals surface area (Å²) in [6.07, 6.45) is -0.266. The number of H-pyrrole nitrogens is 1. The van der Waals surface area contributed by atoms with Crippen LogP contribution in [-0.2, 0) is 6.54 Å². The highest BCUT2D eigenvalue weighted by molar-refractivity contribution is 7.17. The van der Waals surface area contributed by atoms with E-state index in [1.54, 1.807) is 13.1 Å². The molecule has 0 fully saturated rings. The molecule has 9 heteroatoms. The predicted molar refractivity (Wildman–Crippen MR) is 101 cm³/mol. The number of carbonyl (C=O) groups excluding carboxylic acids is 1. The van der Waals surface area contributed by atoms with Crippen LogP contribution in [0.1, 0.15) is 5.82 Å². The fourth-order valence-electron chi connectivity index (χ4n) is 2.79. The lowest BCUT2D eigenvalue weighted by molar-refractivity contribution is 0.0904. The smallest absolute Gasteiger partial charge is 0.317 e. The second kappa shape index (κ2) is 7.28. The molecule has 1 atom stereocenters. The average molecular weight is 386 g/mol. The van der Waals surface area contributed by atoms with Crippen molar-refractivity contribution < 1.29 is 14.3 Å². The number of carbonyl (C=O) groups is 1. The van der Waals surface area contributed by atoms with Gasteiger partial charge in [0.15, 0.2) is 17.6 Å². The molecule has 0 saturated heterocycles. The molecule has 4 rings (SSSR count). The van der Waals surface area contributed by atoms with Gasteiger partial charge in [0, 0.05) is 7.05 Å². The third-order valence-corrected chi connectivity index (χ3v) is 5.05. The number of fused-ring (bicyclic) bond motifs is 2. The third-order valence-electron chi connectivity index (χ3n) is 4.15. The lowest BCUT2D eigenvalue weighted by atomic mass is 10.2. The molecule has 1 aliphatic rings. The van der Waals surface area contributed by atoms with Gasteiger partial charge in [-0.2, -0.15) is 0 Å². The van der Waals surface area contributed by atoms with Gasteiger partial charge >= 0.3 is 6.03 Å². The Morgan fingerprint density at radius 2 is 2.19 bits per heavy atom. The molecule has 0 saturated carbocycles. The lowest BCUT2D eigenvalue weighted by Gasteiger charge is -2.27. The van der Waals surface area contributed by atoms with Gasteiger partial charge in [-0.25, -0.2) is 9.78 Å². The van der Waals surface area contributed by atoms with Gasteiger partial charge in [-0.05, 0) is 23.6 Å². The predicted octanol–water partition coefficient (Wildman–Crippen LogP) is 1.97. The number of hydrogen-bond donors (Lipinski definition) is 2. The number of aromatic amines is 1. The normalized spacial score (nSPS) is 15.5. The van der Waals surface area contributed by atoms with Crippen LogP contribution in [0.25, 0.3) is 10.2 Å². The number of para-hydroxylation sites is 2. The van der Waals surface area contributed by atoms with Crippen LogP contribution >= 0.6 is 11.3 Å². The summed E-state index contributed by atoms with van der Waals surface area (Å²) in [7, 11) is 1.64. The minimum absolute atomic E-state index is 0.190. The topological polar surface area (TPSA) is 96.6 Å². The summed E-state index contributed by atoms with van der Waals surface area (Å²) >= 11 is 1.34. The number of benzene rings is 1. The molecule has 3 heterocycles. The lowest BCUT2D eigenvalue weighted by Crippen LogP contribution is -2.45. The molecule has 2 N–H and O–H groups in total. The van der Waals surface area contributed by atoms with E-state index in [1.807, 2.05) is 29.6 Å². The Morgan fingerprint density at radius 1 is 1.37 bits per heavy atom. The summed E-state index contributed by atoms with van der Waals surface area (Å²) in [4.78, 5) is 32.9. The van der Waals surface area contributed by atoms with E-state index in [9.17, 15) is 9.59 Å². The molecule has 0 radical (unpaired) electrons. The van der Waals surface area contributed by atoms with Crippen molar-refractivity contribution in [3.63, 3.8) is 0 Å². The monoisotopic (exact) mass is 386 g/mol. The number of nitrogens with zero attached hydrogens (tertiary/aromatic N) is 2. The summed E-state index contributed by atoms with van der Waals surface area (Å²) in [5.41, 5.74) is 0.448. The van der Waals surface area contributed by atoms with Crippen LogP contribution in [0.4, 0.5) is 4.79 Å². The number of urea groups is 1. The largest absolute Gasteiger partial charge is 0.486 e. The van der Waals surface area contributed by atoms with Gasteiger partial charge in [0.1, 0.15) is 17.1 Å². The van der Waals surface area contributed by atoms with Crippen molar-refractivity contribution in [1.29, 1.82) is 0 Å². The first-order valence-electron chi connectivity index (χ1n) is 8.44. The first kappa shape index (κ1) is 17.3. The summed E-state index contributed by atoms with van der Waals surface area (Å²) in [5, 5.41) is 4.63. The quantitative estimate of drug-likeness (QED) is 0.715. The average Bonchev–Trinajstić information content (AvgIpc) is 3.15. The van der Waals surface area contributed by atoms with Crippen LogP contribution in [0, 0.1) is 0 Å². The Kier molecular flexibility index (Phi) is 4.68. The van der Waals surface area contributed by atoms with Crippen molar-refractivity contribution >= 4 is 27.6 Å². The van der Waals surface area contributed by atoms with Crippen LogP contribution in [0.2, 0.25) is 0 Å². The van der Waals surface area contributed by atoms with E-state index in [0.717, 1.165) is 0 Å². The van der Waals surface area contributed by atoms with E-state index in [2.05, 4.69) is 15.3 Å². The zero-order valence-corrected chi connectivity index (χ0v) is 15.4. The number of aromatic nitrogens is 2. The van der Waals surface area contributed by atoms with Gasteiger partial charge in [0.2, 0.25) is 0 Å². The maximum absolute atomic E-state index is 12.3. The van der Waals surface area contributed by atoms with Crippen LogP contribution in [0.3, 0.4) is 0 Å². The number of ether oxygens (including phenoxy) is 2. The zero-order valence-electron chi connectivity index (χ0n) is 14.6. The van der Waals surface area contributed by atoms with Crippen LogP contribution < -0.4 is 20.3 Å². The van der Waals surface area contributed by atoms with Crippen LogP contribution in [-0.4, -0.2) is 47.2 Å². The van der Waals surface area contributed by atoms with Gasteiger partial charge < -0.3 is 24.7 Å². The Hall–Kier alpha value is -3.07. The molecule has 2 aromatic heterocycles. The minimum atomic E-state index is -0.287. The SMILES string of the molecule is CN(Cc1nc2ccsc2c(=O)[nH]1)C(=O)NC[C@@H]1COc2ccccc2O1. The van der Waals surface area contributed by atoms with E-state index < -0.39 is 0 Å². The molecule has 0 bridgehead atoms. The first-order valence-corrected chi connectivity index (χ1v) is 9.32. The molecular weight excluding hydrogens is 368 g/mol. The maximum Gasteiger partial charge on any atom is 0.317 e. The summed E-state index contributed by atoms with van der Waals surface area (Å²) in [6.45, 7) is 0.868. The summed E-state index contributed by atoms with van der Waals surface area (Å²) in [5.74, 6) is 1.81. The van der Waals surface area contributed by atoms with Gasteiger partial charge in [-0.15, -0.1) is 11.3 Å². The van der Waals surface area contributed by atoms with Gasteiger partial charge in [-0.3, -0.25) is 4.79 Å². The fourth-order valence-corrected chi connectivity index (χ4v) is 3.52. The van der Waals surface area contributed by atoms with Crippen molar-refractivity contribution in [2.24, 2.45) is 0 Å². The van der Waals surface area contributed by atoms with Gasteiger partial charge in [0.25, 0.3) is 5.56 Å². The molecule has 0 spiro atoms. The Morgan fingerprint density at radius 3 is 3.04 bits per heavy atom. The third kappa shape index (κ3) is 3.72. The molecule has 8 nitrogen and oxygen atoms in total. The van der Waals surface area contributed by atoms with Crippen molar-refractivity contribution in [2.45, 2.75) is 12.6 Å². The number of thiophene rings is 1. The zero-order chi connectivity index (χ0) is 18.8. The molecule has 27 heavy (non-hydrogen) atoms. The molecular formula is C18H18N4O4S. The Balaban J connectivity index is 1.33. The molecule has 3 aromatic rings. The highest BCUT2D eigenvalue weighted by Crippen LogP contribution is 2.30. The second-order valence-corrected chi connectivity index (χ2v) is 7.10. The molecule has 1 aliphatic heterocycles.